The van der Waals surface area contributed by atoms with Crippen molar-refractivity contribution in [2.75, 3.05) is 23.9 Å². The normalized spacial score (nSPS) is 19.0. The number of carbonyl (C=O) groups excluding carboxylic acids is 1. The molecule has 1 saturated heterocycles. The fourth-order valence-corrected chi connectivity index (χ4v) is 4.36. The van der Waals surface area contributed by atoms with Gasteiger partial charge in [-0.05, 0) is 56.2 Å². The first-order valence-electron chi connectivity index (χ1n) is 11.0. The molecule has 3 heterocycles. The number of nitrogens with zero attached hydrogens (tertiary/aromatic N) is 4. The molecule has 0 unspecified atom stereocenters. The van der Waals surface area contributed by atoms with Crippen molar-refractivity contribution in [1.82, 2.24) is 19.9 Å². The van der Waals surface area contributed by atoms with Gasteiger partial charge < -0.3 is 19.8 Å². The molecule has 0 spiro atoms. The van der Waals surface area contributed by atoms with E-state index in [4.69, 9.17) is 9.47 Å². The van der Waals surface area contributed by atoms with Gasteiger partial charge in [-0.1, -0.05) is 6.92 Å². The molecule has 2 fully saturated rings. The lowest BCUT2D eigenvalue weighted by atomic mass is 10.0. The van der Waals surface area contributed by atoms with Gasteiger partial charge >= 0.3 is 6.09 Å². The van der Waals surface area contributed by atoms with Crippen LogP contribution in [0.5, 0.6) is 5.75 Å². The zero-order chi connectivity index (χ0) is 23.3. The SMILES string of the molecule is CC[C@H]1COC(=O)N1c1nc(C)nc(NC2(c3cc4cc(C)c(OC)cc4[nH]c3=O)CC2)n1. The molecule has 1 saturated carbocycles. The molecule has 1 aliphatic heterocycles. The summed E-state index contributed by atoms with van der Waals surface area (Å²) in [5, 5.41) is 4.28. The van der Waals surface area contributed by atoms with Crippen LogP contribution in [0.4, 0.5) is 16.7 Å². The van der Waals surface area contributed by atoms with Crippen molar-refractivity contribution in [2.45, 2.75) is 51.6 Å². The number of hydrogen-bond donors (Lipinski definition) is 2. The number of methoxy groups -OCH3 is 1. The van der Waals surface area contributed by atoms with E-state index in [0.29, 0.717) is 23.9 Å². The molecule has 10 nitrogen and oxygen atoms in total. The topological polar surface area (TPSA) is 122 Å². The lowest BCUT2D eigenvalue weighted by Gasteiger charge is -2.21. The zero-order valence-corrected chi connectivity index (χ0v) is 19.1. The van der Waals surface area contributed by atoms with E-state index in [0.717, 1.165) is 41.5 Å². The Morgan fingerprint density at radius 2 is 2.00 bits per heavy atom. The fraction of sp³-hybridized carbons (Fsp3) is 0.435. The standard InChI is InChI=1S/C23H26N6O4/c1-5-15-11-33-22(31)29(15)21-25-13(3)24-20(27-21)28-23(6-7-23)16-9-14-8-12(2)18(32-4)10-17(14)26-19(16)30/h8-10,15H,5-7,11H2,1-4H3,(H,26,30)(H,24,25,27,28)/t15-/m0/s1. The Balaban J connectivity index is 1.51. The quantitative estimate of drug-likeness (QED) is 0.587. The highest BCUT2D eigenvalue weighted by atomic mass is 16.6. The Morgan fingerprint density at radius 1 is 1.21 bits per heavy atom. The first kappa shape index (κ1) is 21.2. The Morgan fingerprint density at radius 3 is 2.70 bits per heavy atom. The second-order valence-electron chi connectivity index (χ2n) is 8.64. The number of ether oxygens (including phenoxy) is 2. The summed E-state index contributed by atoms with van der Waals surface area (Å²) in [4.78, 5) is 43.0. The van der Waals surface area contributed by atoms with E-state index in [2.05, 4.69) is 25.3 Å². The Labute approximate surface area is 190 Å². The number of cyclic esters (lactones) is 1. The predicted octanol–water partition coefficient (Wildman–Crippen LogP) is 3.17. The van der Waals surface area contributed by atoms with E-state index in [1.807, 2.05) is 32.0 Å². The minimum Gasteiger partial charge on any atom is -0.496 e. The third-order valence-corrected chi connectivity index (χ3v) is 6.36. The highest BCUT2D eigenvalue weighted by Gasteiger charge is 2.47. The summed E-state index contributed by atoms with van der Waals surface area (Å²) in [7, 11) is 1.61. The van der Waals surface area contributed by atoms with Crippen LogP contribution in [0.3, 0.4) is 0 Å². The molecule has 0 bridgehead atoms. The molecule has 33 heavy (non-hydrogen) atoms. The Bertz CT molecular complexity index is 1320. The third-order valence-electron chi connectivity index (χ3n) is 6.36. The Kier molecular flexibility index (Phi) is 4.95. The van der Waals surface area contributed by atoms with Crippen molar-refractivity contribution >= 4 is 28.9 Å². The molecule has 1 aromatic carbocycles. The number of aromatic nitrogens is 4. The summed E-state index contributed by atoms with van der Waals surface area (Å²) in [5.41, 5.74) is 1.60. The van der Waals surface area contributed by atoms with Crippen LogP contribution in [0, 0.1) is 13.8 Å². The average Bonchev–Trinajstić information content (AvgIpc) is 3.45. The first-order chi connectivity index (χ1) is 15.8. The molecule has 2 aromatic heterocycles. The number of anilines is 2. The first-order valence-corrected chi connectivity index (χ1v) is 11.0. The second kappa shape index (κ2) is 7.72. The molecule has 2 N–H and O–H groups in total. The number of aromatic amines is 1. The van der Waals surface area contributed by atoms with Gasteiger partial charge in [-0.3, -0.25) is 4.79 Å². The van der Waals surface area contributed by atoms with Crippen LogP contribution in [0.15, 0.2) is 23.0 Å². The number of rotatable bonds is 6. The van der Waals surface area contributed by atoms with Crippen molar-refractivity contribution in [3.8, 4) is 5.75 Å². The van der Waals surface area contributed by atoms with Gasteiger partial charge in [-0.25, -0.2) is 9.69 Å². The average molecular weight is 450 g/mol. The van der Waals surface area contributed by atoms with E-state index >= 15 is 0 Å². The summed E-state index contributed by atoms with van der Waals surface area (Å²) in [5.74, 6) is 1.78. The van der Waals surface area contributed by atoms with Gasteiger partial charge in [0.1, 0.15) is 18.2 Å². The summed E-state index contributed by atoms with van der Waals surface area (Å²) >= 11 is 0. The minimum atomic E-state index is -0.573. The molecule has 5 rings (SSSR count). The molecular weight excluding hydrogens is 424 g/mol. The Hall–Kier alpha value is -3.69. The van der Waals surface area contributed by atoms with Gasteiger partial charge in [0.05, 0.1) is 24.2 Å². The number of carbonyl (C=O) groups is 1. The molecule has 1 atom stereocenters. The maximum Gasteiger partial charge on any atom is 0.417 e. The number of fused-ring (bicyclic) bond motifs is 1. The predicted molar refractivity (Wildman–Crippen MR) is 123 cm³/mol. The largest absolute Gasteiger partial charge is 0.496 e. The molecule has 3 aromatic rings. The van der Waals surface area contributed by atoms with E-state index < -0.39 is 11.6 Å². The molecule has 2 aliphatic rings. The second-order valence-corrected chi connectivity index (χ2v) is 8.64. The van der Waals surface area contributed by atoms with Crippen molar-refractivity contribution in [1.29, 1.82) is 0 Å². The summed E-state index contributed by atoms with van der Waals surface area (Å²) in [6.07, 6.45) is 1.79. The van der Waals surface area contributed by atoms with Crippen LogP contribution in [0.25, 0.3) is 10.9 Å². The van der Waals surface area contributed by atoms with Crippen LogP contribution in [0.2, 0.25) is 0 Å². The number of aryl methyl sites for hydroxylation is 2. The minimum absolute atomic E-state index is 0.120. The summed E-state index contributed by atoms with van der Waals surface area (Å²) in [6, 6.07) is 5.63. The molecule has 1 aliphatic carbocycles. The van der Waals surface area contributed by atoms with Crippen molar-refractivity contribution in [3.63, 3.8) is 0 Å². The zero-order valence-electron chi connectivity index (χ0n) is 19.1. The summed E-state index contributed by atoms with van der Waals surface area (Å²) < 4.78 is 10.6. The number of nitrogens with one attached hydrogen (secondary N) is 2. The maximum atomic E-state index is 13.0. The van der Waals surface area contributed by atoms with E-state index in [1.54, 1.807) is 14.0 Å². The van der Waals surface area contributed by atoms with Crippen LogP contribution in [-0.4, -0.2) is 45.8 Å². The van der Waals surface area contributed by atoms with E-state index in [9.17, 15) is 9.59 Å². The van der Waals surface area contributed by atoms with Gasteiger partial charge in [0.25, 0.3) is 5.56 Å². The number of benzene rings is 1. The van der Waals surface area contributed by atoms with Gasteiger partial charge in [0, 0.05) is 11.6 Å². The fourth-order valence-electron chi connectivity index (χ4n) is 4.36. The van der Waals surface area contributed by atoms with E-state index in [1.165, 1.54) is 4.90 Å². The smallest absolute Gasteiger partial charge is 0.417 e. The molecule has 172 valence electrons. The summed E-state index contributed by atoms with van der Waals surface area (Å²) in [6.45, 7) is 6.01. The van der Waals surface area contributed by atoms with Gasteiger partial charge in [0.2, 0.25) is 11.9 Å². The lowest BCUT2D eigenvalue weighted by molar-refractivity contribution is 0.178. The third kappa shape index (κ3) is 3.65. The number of amides is 1. The van der Waals surface area contributed by atoms with Crippen LogP contribution >= 0.6 is 0 Å². The monoisotopic (exact) mass is 450 g/mol. The maximum absolute atomic E-state index is 13.0. The van der Waals surface area contributed by atoms with E-state index in [-0.39, 0.29) is 17.5 Å². The van der Waals surface area contributed by atoms with Gasteiger partial charge in [0.15, 0.2) is 0 Å². The molecule has 0 radical (unpaired) electrons. The highest BCUT2D eigenvalue weighted by Crippen LogP contribution is 2.47. The molecule has 1 amide bonds. The van der Waals surface area contributed by atoms with Crippen LogP contribution < -0.4 is 20.5 Å². The highest BCUT2D eigenvalue weighted by molar-refractivity contribution is 5.88. The number of H-pyrrole nitrogens is 1. The van der Waals surface area contributed by atoms with Crippen molar-refractivity contribution in [3.05, 3.63) is 45.5 Å². The van der Waals surface area contributed by atoms with Gasteiger partial charge in [-0.15, -0.1) is 0 Å². The van der Waals surface area contributed by atoms with Crippen LogP contribution in [0.1, 0.15) is 43.1 Å². The number of hydrogen-bond acceptors (Lipinski definition) is 8. The molecular formula is C23H26N6O4. The molecule has 10 heteroatoms. The number of pyridine rings is 1. The lowest BCUT2D eigenvalue weighted by Crippen LogP contribution is -2.35. The van der Waals surface area contributed by atoms with Crippen LogP contribution in [-0.2, 0) is 10.3 Å². The van der Waals surface area contributed by atoms with Crippen molar-refractivity contribution in [2.24, 2.45) is 0 Å². The van der Waals surface area contributed by atoms with Gasteiger partial charge in [-0.2, -0.15) is 15.0 Å². The van der Waals surface area contributed by atoms with Crippen molar-refractivity contribution < 1.29 is 14.3 Å².